The van der Waals surface area contributed by atoms with Crippen LogP contribution in [0.1, 0.15) is 57.1 Å². The third kappa shape index (κ3) is 6.20. The zero-order valence-corrected chi connectivity index (χ0v) is 24.0. The predicted octanol–water partition coefficient (Wildman–Crippen LogP) is 6.43. The Kier molecular flexibility index (Phi) is 8.94. The van der Waals surface area contributed by atoms with E-state index in [1.165, 1.54) is 0 Å². The standard InChI is InChI=1S/C28H39Cl2NO3Si/c1-27(2,3)35(4,5)26(33)23(20-11-12-24(29)25(30)17-20)13-15-31-16-14-28(34,18-22(31)19-32)21-9-7-6-8-10-21/h6-12,17,19,22-23,26,33-34H,13-16,18H2,1-5H3. The minimum atomic E-state index is -2.11. The maximum atomic E-state index is 12.1. The van der Waals surface area contributed by atoms with Gasteiger partial charge in [-0.1, -0.05) is 93.5 Å². The number of hydrogen-bond acceptors (Lipinski definition) is 4. The first-order chi connectivity index (χ1) is 16.3. The van der Waals surface area contributed by atoms with Crippen LogP contribution in [0.5, 0.6) is 0 Å². The molecule has 0 bridgehead atoms. The van der Waals surface area contributed by atoms with E-state index in [4.69, 9.17) is 23.2 Å². The van der Waals surface area contributed by atoms with E-state index in [0.717, 1.165) is 17.4 Å². The minimum Gasteiger partial charge on any atom is -0.396 e. The molecule has 0 spiro atoms. The van der Waals surface area contributed by atoms with Crippen molar-refractivity contribution < 1.29 is 15.0 Å². The molecule has 4 unspecified atom stereocenters. The number of halogens is 2. The number of piperidine rings is 1. The molecule has 0 saturated carbocycles. The number of hydrogen-bond donors (Lipinski definition) is 2. The van der Waals surface area contributed by atoms with Gasteiger partial charge in [-0.25, -0.2) is 0 Å². The predicted molar refractivity (Wildman–Crippen MR) is 148 cm³/mol. The Morgan fingerprint density at radius 2 is 1.80 bits per heavy atom. The second-order valence-corrected chi connectivity index (χ2v) is 17.9. The summed E-state index contributed by atoms with van der Waals surface area (Å²) in [6.45, 7) is 12.3. The van der Waals surface area contributed by atoms with Crippen molar-refractivity contribution in [3.63, 3.8) is 0 Å². The Morgan fingerprint density at radius 1 is 1.14 bits per heavy atom. The van der Waals surface area contributed by atoms with E-state index in [2.05, 4.69) is 38.8 Å². The Morgan fingerprint density at radius 3 is 2.37 bits per heavy atom. The highest BCUT2D eigenvalue weighted by Crippen LogP contribution is 2.44. The lowest BCUT2D eigenvalue weighted by Crippen LogP contribution is -2.53. The number of likely N-dealkylation sites (tertiary alicyclic amines) is 1. The normalized spacial score (nSPS) is 23.6. The average Bonchev–Trinajstić information content (AvgIpc) is 2.81. The van der Waals surface area contributed by atoms with Crippen LogP contribution in [-0.4, -0.2) is 54.3 Å². The van der Waals surface area contributed by atoms with Gasteiger partial charge in [-0.05, 0) is 47.7 Å². The summed E-state index contributed by atoms with van der Waals surface area (Å²) in [4.78, 5) is 14.2. The van der Waals surface area contributed by atoms with Gasteiger partial charge >= 0.3 is 0 Å². The molecule has 1 saturated heterocycles. The van der Waals surface area contributed by atoms with Crippen molar-refractivity contribution in [3.8, 4) is 0 Å². The van der Waals surface area contributed by atoms with Crippen molar-refractivity contribution in [2.24, 2.45) is 0 Å². The number of carbonyl (C=O) groups excluding carboxylic acids is 1. The maximum Gasteiger partial charge on any atom is 0.137 e. The van der Waals surface area contributed by atoms with Crippen LogP contribution in [-0.2, 0) is 10.4 Å². The van der Waals surface area contributed by atoms with E-state index in [0.29, 0.717) is 42.4 Å². The molecule has 0 aromatic heterocycles. The zero-order valence-electron chi connectivity index (χ0n) is 21.5. The second-order valence-electron chi connectivity index (χ2n) is 11.6. The van der Waals surface area contributed by atoms with Crippen molar-refractivity contribution >= 4 is 37.6 Å². The van der Waals surface area contributed by atoms with Crippen LogP contribution in [0, 0.1) is 0 Å². The van der Waals surface area contributed by atoms with Crippen molar-refractivity contribution in [2.75, 3.05) is 13.1 Å². The van der Waals surface area contributed by atoms with Gasteiger partial charge in [-0.3, -0.25) is 4.90 Å². The summed E-state index contributed by atoms with van der Waals surface area (Å²) in [5.41, 5.74) is 0.318. The fourth-order valence-corrected chi connectivity index (χ4v) is 7.55. The quantitative estimate of drug-likeness (QED) is 0.302. The summed E-state index contributed by atoms with van der Waals surface area (Å²) in [7, 11) is -2.11. The molecule has 1 aliphatic rings. The molecule has 4 atom stereocenters. The lowest BCUT2D eigenvalue weighted by atomic mass is 9.81. The Labute approximate surface area is 221 Å². The van der Waals surface area contributed by atoms with Gasteiger partial charge < -0.3 is 15.0 Å². The summed E-state index contributed by atoms with van der Waals surface area (Å²) in [6, 6.07) is 14.8. The van der Waals surface area contributed by atoms with Gasteiger partial charge in [0.05, 0.1) is 35.5 Å². The van der Waals surface area contributed by atoms with Gasteiger partial charge in [-0.2, -0.15) is 0 Å². The molecular weight excluding hydrogens is 497 g/mol. The van der Waals surface area contributed by atoms with Crippen molar-refractivity contribution in [2.45, 2.75) is 81.5 Å². The van der Waals surface area contributed by atoms with Gasteiger partial charge in [0.15, 0.2) is 0 Å². The molecule has 1 fully saturated rings. The van der Waals surface area contributed by atoms with Gasteiger partial charge in [0.2, 0.25) is 0 Å². The highest BCUT2D eigenvalue weighted by Gasteiger charge is 2.46. The number of aldehydes is 1. The molecule has 1 aliphatic heterocycles. The molecule has 3 rings (SSSR count). The van der Waals surface area contributed by atoms with Crippen molar-refractivity contribution in [1.82, 2.24) is 4.90 Å². The zero-order chi connectivity index (χ0) is 26.0. The summed E-state index contributed by atoms with van der Waals surface area (Å²) in [5.74, 6) is -0.132. The number of rotatable bonds is 8. The van der Waals surface area contributed by atoms with Gasteiger partial charge in [-0.15, -0.1) is 0 Å². The molecule has 7 heteroatoms. The average molecular weight is 537 g/mol. The van der Waals surface area contributed by atoms with Crippen LogP contribution in [0.2, 0.25) is 28.2 Å². The molecule has 1 heterocycles. The fourth-order valence-electron chi connectivity index (χ4n) is 5.00. The second kappa shape index (κ2) is 11.0. The lowest BCUT2D eigenvalue weighted by molar-refractivity contribution is -0.120. The van der Waals surface area contributed by atoms with Gasteiger partial charge in [0.1, 0.15) is 6.29 Å². The van der Waals surface area contributed by atoms with E-state index < -0.39 is 19.4 Å². The number of benzene rings is 2. The van der Waals surface area contributed by atoms with E-state index >= 15 is 0 Å². The number of aliphatic hydroxyl groups is 2. The fraction of sp³-hybridized carbons (Fsp3) is 0.536. The highest BCUT2D eigenvalue weighted by molar-refractivity contribution is 6.81. The van der Waals surface area contributed by atoms with Crippen molar-refractivity contribution in [3.05, 3.63) is 69.7 Å². The third-order valence-electron chi connectivity index (χ3n) is 8.45. The summed E-state index contributed by atoms with van der Waals surface area (Å²) in [5, 5.41) is 24.0. The first-order valence-corrected chi connectivity index (χ1v) is 16.2. The third-order valence-corrected chi connectivity index (χ3v) is 14.9. The van der Waals surface area contributed by atoms with Crippen molar-refractivity contribution in [1.29, 1.82) is 0 Å². The first kappa shape index (κ1) is 28.4. The SMILES string of the molecule is CC(C)(C)[Si](C)(C)C(O)C(CCN1CCC(O)(c2ccccc2)CC1C=O)c1ccc(Cl)c(Cl)c1. The molecular formula is C28H39Cl2NO3Si. The largest absolute Gasteiger partial charge is 0.396 e. The Balaban J connectivity index is 1.83. The molecule has 2 aromatic rings. The molecule has 35 heavy (non-hydrogen) atoms. The number of nitrogens with zero attached hydrogens (tertiary/aromatic N) is 1. The van der Waals surface area contributed by atoms with Crippen LogP contribution >= 0.6 is 23.2 Å². The Hall–Kier alpha value is -1.21. The highest BCUT2D eigenvalue weighted by atomic mass is 35.5. The van der Waals surface area contributed by atoms with Crippen LogP contribution in [0.3, 0.4) is 0 Å². The molecule has 4 nitrogen and oxygen atoms in total. The first-order valence-electron chi connectivity index (χ1n) is 12.4. The van der Waals surface area contributed by atoms with E-state index in [1.54, 1.807) is 6.07 Å². The number of carbonyl (C=O) groups is 1. The molecule has 2 N–H and O–H groups in total. The summed E-state index contributed by atoms with van der Waals surface area (Å²) >= 11 is 12.5. The summed E-state index contributed by atoms with van der Waals surface area (Å²) in [6.07, 6.45) is 2.55. The topological polar surface area (TPSA) is 60.8 Å². The van der Waals surface area contributed by atoms with Crippen LogP contribution in [0.25, 0.3) is 0 Å². The van der Waals surface area contributed by atoms with E-state index in [1.807, 2.05) is 42.5 Å². The smallest absolute Gasteiger partial charge is 0.137 e. The van der Waals surface area contributed by atoms with Gasteiger partial charge in [0.25, 0.3) is 0 Å². The monoisotopic (exact) mass is 535 g/mol. The molecule has 192 valence electrons. The lowest BCUT2D eigenvalue weighted by Gasteiger charge is -2.45. The molecule has 0 radical (unpaired) electrons. The van der Waals surface area contributed by atoms with Crippen LogP contribution in [0.4, 0.5) is 0 Å². The van der Waals surface area contributed by atoms with Gasteiger partial charge in [0, 0.05) is 18.9 Å². The molecule has 2 aromatic carbocycles. The molecule has 0 aliphatic carbocycles. The van der Waals surface area contributed by atoms with E-state index in [9.17, 15) is 15.0 Å². The molecule has 0 amide bonds. The summed E-state index contributed by atoms with van der Waals surface area (Å²) < 4.78 is 0. The maximum absolute atomic E-state index is 12.1. The Bertz CT molecular complexity index is 1010. The van der Waals surface area contributed by atoms with E-state index in [-0.39, 0.29) is 17.0 Å². The van der Waals surface area contributed by atoms with Crippen LogP contribution in [0.15, 0.2) is 48.5 Å². The van der Waals surface area contributed by atoms with Crippen LogP contribution < -0.4 is 0 Å². The minimum absolute atomic E-state index is 0.00349. The number of aliphatic hydroxyl groups excluding tert-OH is 1.